The molecule has 0 saturated carbocycles. The SMILES string of the molecule is C/C=C\c1cc(C(O)(C(F)(F)F)C(F)(F)F)ccc1N1C[C@H](C)N(C(=O)CN2C(=O)N[C@](C)(c3ccc(OC(C)C)cn3)C2=O)CC1C. The van der Waals surface area contributed by atoms with Gasteiger partial charge in [-0.25, -0.2) is 4.79 Å². The molecule has 0 spiro atoms. The number of hydrogen-bond acceptors (Lipinski definition) is 7. The van der Waals surface area contributed by atoms with Crippen LogP contribution in [-0.4, -0.2) is 87.9 Å². The number of aliphatic hydroxyl groups is 1. The normalized spacial score (nSPS) is 22.6. The lowest BCUT2D eigenvalue weighted by Crippen LogP contribution is -2.60. The van der Waals surface area contributed by atoms with Crippen LogP contribution in [0.25, 0.3) is 6.08 Å². The number of anilines is 1. The Balaban J connectivity index is 1.52. The van der Waals surface area contributed by atoms with Crippen molar-refractivity contribution in [2.24, 2.45) is 0 Å². The van der Waals surface area contributed by atoms with Gasteiger partial charge in [0.05, 0.1) is 18.0 Å². The van der Waals surface area contributed by atoms with Crippen LogP contribution in [0.15, 0.2) is 42.6 Å². The third kappa shape index (κ3) is 6.54. The molecule has 1 unspecified atom stereocenters. The number of halogens is 6. The lowest BCUT2D eigenvalue weighted by atomic mass is 9.89. The Morgan fingerprint density at radius 3 is 2.27 bits per heavy atom. The number of imide groups is 1. The van der Waals surface area contributed by atoms with E-state index in [0.717, 1.165) is 11.0 Å². The van der Waals surface area contributed by atoms with Crippen LogP contribution in [0.1, 0.15) is 58.4 Å². The fourth-order valence-corrected chi connectivity index (χ4v) is 5.91. The van der Waals surface area contributed by atoms with Gasteiger partial charge >= 0.3 is 18.4 Å². The zero-order valence-corrected chi connectivity index (χ0v) is 27.1. The van der Waals surface area contributed by atoms with Gasteiger partial charge in [0.25, 0.3) is 11.5 Å². The van der Waals surface area contributed by atoms with Crippen molar-refractivity contribution < 1.29 is 50.6 Å². The molecule has 1 aromatic carbocycles. The molecule has 16 heteroatoms. The highest BCUT2D eigenvalue weighted by atomic mass is 19.4. The van der Waals surface area contributed by atoms with E-state index in [-0.39, 0.29) is 36.1 Å². The summed E-state index contributed by atoms with van der Waals surface area (Å²) in [5.41, 5.74) is -7.48. The molecule has 2 N–H and O–H groups in total. The van der Waals surface area contributed by atoms with Crippen molar-refractivity contribution in [3.63, 3.8) is 0 Å². The van der Waals surface area contributed by atoms with E-state index in [1.165, 1.54) is 37.1 Å². The Bertz CT molecular complexity index is 1560. The maximum Gasteiger partial charge on any atom is 0.430 e. The standard InChI is InChI=1S/C32H37F6N5O5/c1-7-8-21-13-22(30(47,31(33,34)35)32(36,37)38)9-11-24(21)41-15-20(5)42(16-19(41)4)26(44)17-43-27(45)29(6,40-28(43)46)25-12-10-23(14-39-25)48-18(2)3/h7-14,18-20,47H,15-17H2,1-6H3,(H,40,46)/b8-7-/t19?,20-,29+/m0/s1. The van der Waals surface area contributed by atoms with Crippen LogP contribution in [0.5, 0.6) is 5.75 Å². The summed E-state index contributed by atoms with van der Waals surface area (Å²) < 4.78 is 87.0. The third-order valence-corrected chi connectivity index (χ3v) is 8.42. The first-order chi connectivity index (χ1) is 22.1. The lowest BCUT2D eigenvalue weighted by Gasteiger charge is -2.46. The highest BCUT2D eigenvalue weighted by Crippen LogP contribution is 2.50. The molecule has 0 radical (unpaired) electrons. The van der Waals surface area contributed by atoms with E-state index in [4.69, 9.17) is 4.74 Å². The van der Waals surface area contributed by atoms with Gasteiger partial charge < -0.3 is 25.0 Å². The number of amides is 4. The molecular formula is C32H37F6N5O5. The van der Waals surface area contributed by atoms with Gasteiger partial charge in [-0.3, -0.25) is 19.5 Å². The van der Waals surface area contributed by atoms with Crippen molar-refractivity contribution in [3.05, 3.63) is 59.4 Å². The lowest BCUT2D eigenvalue weighted by molar-refractivity contribution is -0.376. The van der Waals surface area contributed by atoms with E-state index < -0.39 is 65.5 Å². The molecule has 262 valence electrons. The molecule has 1 aromatic heterocycles. The van der Waals surface area contributed by atoms with E-state index in [9.17, 15) is 45.8 Å². The molecule has 4 rings (SSSR count). The molecule has 2 aliphatic heterocycles. The van der Waals surface area contributed by atoms with Crippen molar-refractivity contribution in [2.45, 2.75) is 83.2 Å². The van der Waals surface area contributed by atoms with Crippen LogP contribution in [0.2, 0.25) is 0 Å². The molecule has 48 heavy (non-hydrogen) atoms. The fourth-order valence-electron chi connectivity index (χ4n) is 5.91. The minimum absolute atomic E-state index is 0.00298. The van der Waals surface area contributed by atoms with E-state index in [1.54, 1.807) is 30.9 Å². The van der Waals surface area contributed by atoms with Crippen molar-refractivity contribution >= 4 is 29.6 Å². The van der Waals surface area contributed by atoms with Crippen molar-refractivity contribution in [1.29, 1.82) is 0 Å². The number of benzene rings is 1. The predicted molar refractivity (Wildman–Crippen MR) is 163 cm³/mol. The van der Waals surface area contributed by atoms with Crippen LogP contribution in [0.3, 0.4) is 0 Å². The summed E-state index contributed by atoms with van der Waals surface area (Å²) in [6.07, 6.45) is -7.99. The zero-order valence-electron chi connectivity index (χ0n) is 27.1. The summed E-state index contributed by atoms with van der Waals surface area (Å²) in [5, 5.41) is 12.5. The van der Waals surface area contributed by atoms with E-state index in [2.05, 4.69) is 10.3 Å². The number of urea groups is 1. The van der Waals surface area contributed by atoms with Crippen LogP contribution >= 0.6 is 0 Å². The average molecular weight is 686 g/mol. The van der Waals surface area contributed by atoms with Gasteiger partial charge in [0.2, 0.25) is 5.91 Å². The number of alkyl halides is 6. The molecule has 2 fully saturated rings. The third-order valence-electron chi connectivity index (χ3n) is 8.42. The monoisotopic (exact) mass is 685 g/mol. The number of aromatic nitrogens is 1. The van der Waals surface area contributed by atoms with E-state index in [0.29, 0.717) is 17.9 Å². The topological polar surface area (TPSA) is 115 Å². The Kier molecular flexibility index (Phi) is 9.83. The molecule has 2 saturated heterocycles. The van der Waals surface area contributed by atoms with Crippen molar-refractivity contribution in [3.8, 4) is 5.75 Å². The summed E-state index contributed by atoms with van der Waals surface area (Å²) in [7, 11) is 0. The zero-order chi connectivity index (χ0) is 36.0. The molecule has 3 atom stereocenters. The summed E-state index contributed by atoms with van der Waals surface area (Å²) in [5.74, 6) is -0.750. The van der Waals surface area contributed by atoms with E-state index in [1.807, 2.05) is 13.8 Å². The minimum atomic E-state index is -6.04. The first kappa shape index (κ1) is 36.5. The van der Waals surface area contributed by atoms with Gasteiger partial charge in [0.15, 0.2) is 5.54 Å². The smallest absolute Gasteiger partial charge is 0.430 e. The first-order valence-corrected chi connectivity index (χ1v) is 15.1. The Morgan fingerprint density at radius 2 is 1.73 bits per heavy atom. The largest absolute Gasteiger partial charge is 0.489 e. The van der Waals surface area contributed by atoms with Crippen LogP contribution in [-0.2, 0) is 20.7 Å². The summed E-state index contributed by atoms with van der Waals surface area (Å²) in [6.45, 7) is 9.70. The van der Waals surface area contributed by atoms with Gasteiger partial charge in [-0.05, 0) is 71.4 Å². The quantitative estimate of drug-likeness (QED) is 0.294. The molecule has 0 bridgehead atoms. The molecule has 3 heterocycles. The van der Waals surface area contributed by atoms with Gasteiger partial charge in [0.1, 0.15) is 12.3 Å². The number of pyridine rings is 1. The Morgan fingerprint density at radius 1 is 1.08 bits per heavy atom. The molecule has 2 aromatic rings. The van der Waals surface area contributed by atoms with Gasteiger partial charge in [0, 0.05) is 36.4 Å². The van der Waals surface area contributed by atoms with Crippen LogP contribution in [0.4, 0.5) is 36.8 Å². The average Bonchev–Trinajstić information content (AvgIpc) is 3.20. The van der Waals surface area contributed by atoms with Gasteiger partial charge in [-0.2, -0.15) is 26.3 Å². The maximum atomic E-state index is 13.6. The number of allylic oxidation sites excluding steroid dienone is 1. The summed E-state index contributed by atoms with van der Waals surface area (Å²) in [6, 6.07) is 3.67. The number of carbonyl (C=O) groups is 3. The number of hydrogen-bond donors (Lipinski definition) is 2. The second-order valence-electron chi connectivity index (χ2n) is 12.4. The molecule has 10 nitrogen and oxygen atoms in total. The molecule has 0 aliphatic carbocycles. The fraction of sp³-hybridized carbons (Fsp3) is 0.500. The second kappa shape index (κ2) is 12.9. The highest BCUT2D eigenvalue weighted by Gasteiger charge is 2.71. The number of rotatable bonds is 8. The van der Waals surface area contributed by atoms with Crippen molar-refractivity contribution in [1.82, 2.24) is 20.1 Å². The number of carbonyl (C=O) groups excluding carboxylic acids is 3. The van der Waals surface area contributed by atoms with Gasteiger partial charge in [-0.15, -0.1) is 0 Å². The molecule has 2 aliphatic rings. The number of nitrogens with zero attached hydrogens (tertiary/aromatic N) is 4. The first-order valence-electron chi connectivity index (χ1n) is 15.1. The maximum absolute atomic E-state index is 13.6. The minimum Gasteiger partial charge on any atom is -0.489 e. The van der Waals surface area contributed by atoms with E-state index >= 15 is 0 Å². The number of ether oxygens (including phenoxy) is 1. The summed E-state index contributed by atoms with van der Waals surface area (Å²) in [4.78, 5) is 48.1. The Labute approximate surface area is 273 Å². The highest BCUT2D eigenvalue weighted by molar-refractivity contribution is 6.09. The molecule has 4 amide bonds. The van der Waals surface area contributed by atoms with Crippen molar-refractivity contribution in [2.75, 3.05) is 24.5 Å². The summed E-state index contributed by atoms with van der Waals surface area (Å²) >= 11 is 0. The second-order valence-corrected chi connectivity index (χ2v) is 12.4. The number of piperazine rings is 1. The van der Waals surface area contributed by atoms with Crippen LogP contribution < -0.4 is 15.0 Å². The number of nitrogens with one attached hydrogen (secondary N) is 1. The Hall–Kier alpha value is -4.34. The predicted octanol–water partition coefficient (Wildman–Crippen LogP) is 5.11. The van der Waals surface area contributed by atoms with Gasteiger partial charge in [-0.1, -0.05) is 18.2 Å². The molecular weight excluding hydrogens is 648 g/mol. The van der Waals surface area contributed by atoms with Crippen LogP contribution in [0, 0.1) is 0 Å².